The lowest BCUT2D eigenvalue weighted by molar-refractivity contribution is -0.121. The Hall–Kier alpha value is -2.14. The summed E-state index contributed by atoms with van der Waals surface area (Å²) in [6, 6.07) is 0.0495. The SMILES string of the molecule is O=C1CC2CC(Nc3ncnc4c3ncn4[C@@H]3O[C@H](CO)[C@@H](O)[C@H]3O)C1C2. The van der Waals surface area contributed by atoms with Gasteiger partial charge in [-0.1, -0.05) is 0 Å². The third-order valence-electron chi connectivity index (χ3n) is 6.04. The summed E-state index contributed by atoms with van der Waals surface area (Å²) in [6.45, 7) is -0.401. The zero-order valence-electron chi connectivity index (χ0n) is 14.5. The molecule has 144 valence electrons. The van der Waals surface area contributed by atoms with Crippen LogP contribution < -0.4 is 5.32 Å². The van der Waals surface area contributed by atoms with E-state index in [1.165, 1.54) is 17.2 Å². The van der Waals surface area contributed by atoms with E-state index in [-0.39, 0.29) is 12.0 Å². The number of anilines is 1. The van der Waals surface area contributed by atoms with Crippen molar-refractivity contribution in [1.82, 2.24) is 19.5 Å². The van der Waals surface area contributed by atoms with Gasteiger partial charge in [-0.3, -0.25) is 9.36 Å². The van der Waals surface area contributed by atoms with Gasteiger partial charge in [0.05, 0.1) is 12.9 Å². The summed E-state index contributed by atoms with van der Waals surface area (Å²) in [6.07, 6.45) is 1.22. The van der Waals surface area contributed by atoms with Gasteiger partial charge in [-0.25, -0.2) is 15.0 Å². The van der Waals surface area contributed by atoms with Crippen molar-refractivity contribution in [3.05, 3.63) is 12.7 Å². The van der Waals surface area contributed by atoms with E-state index in [1.54, 1.807) is 0 Å². The van der Waals surface area contributed by atoms with Gasteiger partial charge in [-0.15, -0.1) is 0 Å². The normalized spacial score (nSPS) is 38.2. The summed E-state index contributed by atoms with van der Waals surface area (Å²) in [5.41, 5.74) is 0.947. The Balaban J connectivity index is 1.45. The second-order valence-electron chi connectivity index (χ2n) is 7.64. The fraction of sp³-hybridized carbons (Fsp3) is 0.647. The van der Waals surface area contributed by atoms with Crippen LogP contribution in [0, 0.1) is 11.8 Å². The number of carbonyl (C=O) groups is 1. The molecule has 0 aromatic carbocycles. The number of nitrogens with one attached hydrogen (secondary N) is 1. The number of aliphatic hydroxyl groups is 3. The van der Waals surface area contributed by atoms with Crippen molar-refractivity contribution < 1.29 is 24.9 Å². The highest BCUT2D eigenvalue weighted by Crippen LogP contribution is 2.43. The molecule has 2 aromatic rings. The van der Waals surface area contributed by atoms with E-state index in [4.69, 9.17) is 4.74 Å². The van der Waals surface area contributed by atoms with Crippen molar-refractivity contribution in [3.63, 3.8) is 0 Å². The van der Waals surface area contributed by atoms with Crippen LogP contribution in [0.5, 0.6) is 0 Å². The van der Waals surface area contributed by atoms with Crippen LogP contribution in [0.15, 0.2) is 12.7 Å². The maximum absolute atomic E-state index is 12.0. The van der Waals surface area contributed by atoms with E-state index in [0.717, 1.165) is 12.8 Å². The number of hydrogen-bond donors (Lipinski definition) is 4. The fourth-order valence-corrected chi connectivity index (χ4v) is 4.69. The van der Waals surface area contributed by atoms with Gasteiger partial charge < -0.3 is 25.4 Å². The number of rotatable bonds is 4. The van der Waals surface area contributed by atoms with Crippen LogP contribution in [0.1, 0.15) is 25.5 Å². The maximum atomic E-state index is 12.0. The summed E-state index contributed by atoms with van der Waals surface area (Å²) < 4.78 is 7.09. The van der Waals surface area contributed by atoms with Crippen LogP contribution in [0.2, 0.25) is 0 Å². The topological polar surface area (TPSA) is 143 Å². The zero-order valence-corrected chi connectivity index (χ0v) is 14.5. The summed E-state index contributed by atoms with van der Waals surface area (Å²) in [5, 5.41) is 32.9. The smallest absolute Gasteiger partial charge is 0.167 e. The van der Waals surface area contributed by atoms with Gasteiger partial charge in [-0.05, 0) is 18.8 Å². The van der Waals surface area contributed by atoms with Crippen molar-refractivity contribution in [3.8, 4) is 0 Å². The molecule has 4 N–H and O–H groups in total. The van der Waals surface area contributed by atoms with E-state index in [1.807, 2.05) is 0 Å². The molecule has 0 spiro atoms. The molecular formula is C17H21N5O5. The van der Waals surface area contributed by atoms with Crippen molar-refractivity contribution in [2.24, 2.45) is 11.8 Å². The molecule has 10 nitrogen and oxygen atoms in total. The molecular weight excluding hydrogens is 354 g/mol. The quantitative estimate of drug-likeness (QED) is 0.541. The Morgan fingerprint density at radius 1 is 1.22 bits per heavy atom. The zero-order chi connectivity index (χ0) is 18.7. The molecule has 3 heterocycles. The third kappa shape index (κ3) is 2.55. The van der Waals surface area contributed by atoms with Gasteiger partial charge in [0.1, 0.15) is 30.4 Å². The number of fused-ring (bicyclic) bond motifs is 3. The number of ether oxygens (including phenoxy) is 1. The highest BCUT2D eigenvalue weighted by Gasteiger charge is 2.46. The first-order valence-electron chi connectivity index (χ1n) is 9.16. The molecule has 3 unspecified atom stereocenters. The lowest BCUT2D eigenvalue weighted by Gasteiger charge is -2.22. The molecule has 10 heteroatoms. The molecule has 0 amide bonds. The Morgan fingerprint density at radius 3 is 2.78 bits per heavy atom. The van der Waals surface area contributed by atoms with E-state index < -0.39 is 31.1 Å². The molecule has 1 saturated heterocycles. The summed E-state index contributed by atoms with van der Waals surface area (Å²) in [4.78, 5) is 24.9. The largest absolute Gasteiger partial charge is 0.394 e. The van der Waals surface area contributed by atoms with Crippen molar-refractivity contribution >= 4 is 22.8 Å². The van der Waals surface area contributed by atoms with E-state index in [0.29, 0.717) is 35.1 Å². The van der Waals surface area contributed by atoms with Crippen LogP contribution in [-0.2, 0) is 9.53 Å². The molecule has 1 aliphatic heterocycles. The molecule has 27 heavy (non-hydrogen) atoms. The minimum atomic E-state index is -1.21. The molecule has 7 atom stereocenters. The molecule has 5 rings (SSSR count). The third-order valence-corrected chi connectivity index (χ3v) is 6.04. The number of nitrogens with zero attached hydrogens (tertiary/aromatic N) is 4. The van der Waals surface area contributed by atoms with Gasteiger partial charge in [0.15, 0.2) is 23.2 Å². The van der Waals surface area contributed by atoms with Crippen LogP contribution in [-0.4, -0.2) is 71.6 Å². The van der Waals surface area contributed by atoms with Crippen LogP contribution >= 0.6 is 0 Å². The van der Waals surface area contributed by atoms with Crippen molar-refractivity contribution in [2.45, 2.75) is 49.8 Å². The van der Waals surface area contributed by atoms with Gasteiger partial charge in [-0.2, -0.15) is 0 Å². The van der Waals surface area contributed by atoms with Crippen LogP contribution in [0.4, 0.5) is 5.82 Å². The Labute approximate surface area is 154 Å². The fourth-order valence-electron chi connectivity index (χ4n) is 4.69. The molecule has 2 saturated carbocycles. The minimum absolute atomic E-state index is 0.0301. The Bertz CT molecular complexity index is 888. The minimum Gasteiger partial charge on any atom is -0.394 e. The van der Waals surface area contributed by atoms with Gasteiger partial charge in [0.25, 0.3) is 0 Å². The molecule has 0 radical (unpaired) electrons. The van der Waals surface area contributed by atoms with Gasteiger partial charge >= 0.3 is 0 Å². The number of ketones is 1. The highest BCUT2D eigenvalue weighted by molar-refractivity contribution is 5.87. The van der Waals surface area contributed by atoms with Gasteiger partial charge in [0.2, 0.25) is 0 Å². The first kappa shape index (κ1) is 17.0. The van der Waals surface area contributed by atoms with E-state index in [2.05, 4.69) is 20.3 Å². The van der Waals surface area contributed by atoms with Crippen molar-refractivity contribution in [1.29, 1.82) is 0 Å². The lowest BCUT2D eigenvalue weighted by atomic mass is 9.94. The van der Waals surface area contributed by atoms with Crippen LogP contribution in [0.25, 0.3) is 11.2 Å². The average Bonchev–Trinajstić information content (AvgIpc) is 3.40. The monoisotopic (exact) mass is 375 g/mol. The molecule has 2 aliphatic carbocycles. The predicted molar refractivity (Wildman–Crippen MR) is 91.6 cm³/mol. The van der Waals surface area contributed by atoms with E-state index >= 15 is 0 Å². The summed E-state index contributed by atoms with van der Waals surface area (Å²) in [5.74, 6) is 1.33. The second kappa shape index (κ2) is 6.20. The molecule has 2 bridgehead atoms. The number of Topliss-reactive ketones (excluding diaryl/α,β-unsaturated/α-hetero) is 1. The lowest BCUT2D eigenvalue weighted by Crippen LogP contribution is -2.33. The first-order valence-corrected chi connectivity index (χ1v) is 9.16. The summed E-state index contributed by atoms with van der Waals surface area (Å²) >= 11 is 0. The Kier molecular flexibility index (Phi) is 3.90. The number of aromatic nitrogens is 4. The van der Waals surface area contributed by atoms with Crippen molar-refractivity contribution in [2.75, 3.05) is 11.9 Å². The highest BCUT2D eigenvalue weighted by atomic mass is 16.6. The predicted octanol–water partition coefficient (Wildman–Crippen LogP) is -0.783. The van der Waals surface area contributed by atoms with E-state index in [9.17, 15) is 20.1 Å². The summed E-state index contributed by atoms with van der Waals surface area (Å²) in [7, 11) is 0. The average molecular weight is 375 g/mol. The molecule has 3 fully saturated rings. The van der Waals surface area contributed by atoms with Gasteiger partial charge in [0, 0.05) is 18.4 Å². The number of imidazole rings is 1. The Morgan fingerprint density at radius 2 is 2.07 bits per heavy atom. The molecule has 3 aliphatic rings. The maximum Gasteiger partial charge on any atom is 0.167 e. The first-order chi connectivity index (χ1) is 13.1. The standard InChI is InChI=1S/C17H21N5O5/c23-4-11-13(25)14(26)17(27-11)22-6-20-12-15(18-5-19-16(12)22)21-9-2-7-1-8(9)10(24)3-7/h5-9,11,13-14,17,23,25-26H,1-4H2,(H,18,19,21)/t7?,8?,9?,11-,13-,14-,17-/m1/s1. The second-order valence-corrected chi connectivity index (χ2v) is 7.64. The van der Waals surface area contributed by atoms with Crippen LogP contribution in [0.3, 0.4) is 0 Å². The number of carbonyl (C=O) groups excluding carboxylic acids is 1. The number of aliphatic hydroxyl groups excluding tert-OH is 3. The molecule has 2 aromatic heterocycles. The number of hydrogen-bond acceptors (Lipinski definition) is 9.